The summed E-state index contributed by atoms with van der Waals surface area (Å²) in [5.74, 6) is 0.485. The van der Waals surface area contributed by atoms with Crippen molar-refractivity contribution in [2.24, 2.45) is 5.10 Å². The van der Waals surface area contributed by atoms with Crippen molar-refractivity contribution < 1.29 is 52.3 Å². The van der Waals surface area contributed by atoms with Gasteiger partial charge in [-0.05, 0) is 55.0 Å². The van der Waals surface area contributed by atoms with Crippen molar-refractivity contribution in [2.45, 2.75) is 6.92 Å². The van der Waals surface area contributed by atoms with Gasteiger partial charge in [-0.25, -0.2) is 10.2 Å². The molecule has 3 rings (SSSR count). The van der Waals surface area contributed by atoms with Crippen LogP contribution in [0.4, 0.5) is 0 Å². The standard InChI is InChI=1S/C31H35N3O11/c1-8-44-22-11-18(9-10-21(22)45-31(37)20-14-25(40-4)29(43-7)26(15-20)41-5)16-33-34-27(35)17-32-30(36)19-12-23(38-2)28(42-6)24(13-19)39-3/h9-16H,8,17H2,1-7H3,(H,32,36)(H,34,35)/b33-16+. The van der Waals surface area contributed by atoms with E-state index >= 15 is 0 Å². The van der Waals surface area contributed by atoms with E-state index in [9.17, 15) is 14.4 Å². The molecule has 0 heterocycles. The van der Waals surface area contributed by atoms with Gasteiger partial charge in [-0.3, -0.25) is 9.59 Å². The normalized spacial score (nSPS) is 10.5. The Balaban J connectivity index is 1.65. The number of nitrogens with one attached hydrogen (secondary N) is 2. The van der Waals surface area contributed by atoms with Crippen LogP contribution in [-0.2, 0) is 4.79 Å². The minimum atomic E-state index is -0.683. The molecule has 2 N–H and O–H groups in total. The molecule has 0 radical (unpaired) electrons. The number of esters is 1. The third kappa shape index (κ3) is 8.46. The quantitative estimate of drug-likeness (QED) is 0.110. The molecule has 0 saturated heterocycles. The monoisotopic (exact) mass is 625 g/mol. The Hall–Kier alpha value is -5.66. The van der Waals surface area contributed by atoms with Crippen LogP contribution in [0.2, 0.25) is 0 Å². The van der Waals surface area contributed by atoms with E-state index in [1.165, 1.54) is 79.2 Å². The number of nitrogens with zero attached hydrogens (tertiary/aromatic N) is 1. The molecule has 0 atom stereocenters. The van der Waals surface area contributed by atoms with Gasteiger partial charge in [0, 0.05) is 5.56 Å². The lowest BCUT2D eigenvalue weighted by atomic mass is 10.1. The van der Waals surface area contributed by atoms with Gasteiger partial charge in [-0.2, -0.15) is 5.10 Å². The molecular weight excluding hydrogens is 590 g/mol. The van der Waals surface area contributed by atoms with Crippen LogP contribution in [-0.4, -0.2) is 79.8 Å². The fraction of sp³-hybridized carbons (Fsp3) is 0.290. The molecule has 0 aromatic heterocycles. The molecule has 0 unspecified atom stereocenters. The number of benzene rings is 3. The lowest BCUT2D eigenvalue weighted by Crippen LogP contribution is -2.34. The number of amides is 2. The van der Waals surface area contributed by atoms with Crippen molar-refractivity contribution in [2.75, 3.05) is 55.8 Å². The Labute approximate surface area is 260 Å². The molecule has 0 aliphatic carbocycles. The van der Waals surface area contributed by atoms with Crippen LogP contribution in [0.5, 0.6) is 46.0 Å². The molecule has 14 nitrogen and oxygen atoms in total. The summed E-state index contributed by atoms with van der Waals surface area (Å²) in [6.45, 7) is 1.71. The Morgan fingerprint density at radius 2 is 1.22 bits per heavy atom. The van der Waals surface area contributed by atoms with Crippen molar-refractivity contribution in [1.29, 1.82) is 0 Å². The van der Waals surface area contributed by atoms with Crippen LogP contribution in [0, 0.1) is 0 Å². The van der Waals surface area contributed by atoms with Gasteiger partial charge in [-0.1, -0.05) is 0 Å². The summed E-state index contributed by atoms with van der Waals surface area (Å²) in [7, 11) is 8.65. The van der Waals surface area contributed by atoms with Gasteiger partial charge in [0.25, 0.3) is 11.8 Å². The first-order chi connectivity index (χ1) is 21.7. The highest BCUT2D eigenvalue weighted by molar-refractivity contribution is 5.98. The largest absolute Gasteiger partial charge is 0.493 e. The molecule has 14 heteroatoms. The molecule has 240 valence electrons. The zero-order valence-corrected chi connectivity index (χ0v) is 26.0. The van der Waals surface area contributed by atoms with E-state index in [2.05, 4.69) is 15.8 Å². The molecule has 0 saturated carbocycles. The first-order valence-electron chi connectivity index (χ1n) is 13.4. The van der Waals surface area contributed by atoms with Crippen LogP contribution in [0.3, 0.4) is 0 Å². The second-order valence-corrected chi connectivity index (χ2v) is 8.83. The molecule has 3 aromatic rings. The van der Waals surface area contributed by atoms with E-state index in [1.807, 2.05) is 0 Å². The molecular formula is C31H35N3O11. The van der Waals surface area contributed by atoms with Gasteiger partial charge in [0.1, 0.15) is 0 Å². The van der Waals surface area contributed by atoms with Crippen LogP contribution in [0.25, 0.3) is 0 Å². The summed E-state index contributed by atoms with van der Waals surface area (Å²) in [6.07, 6.45) is 1.37. The highest BCUT2D eigenvalue weighted by Crippen LogP contribution is 2.39. The maximum absolute atomic E-state index is 13.0. The molecule has 0 spiro atoms. The fourth-order valence-corrected chi connectivity index (χ4v) is 4.01. The molecule has 2 amide bonds. The lowest BCUT2D eigenvalue weighted by Gasteiger charge is -2.15. The lowest BCUT2D eigenvalue weighted by molar-refractivity contribution is -0.120. The first-order valence-corrected chi connectivity index (χ1v) is 13.4. The summed E-state index contributed by atoms with van der Waals surface area (Å²) < 4.78 is 42.9. The number of hydrazone groups is 1. The Morgan fingerprint density at radius 1 is 0.689 bits per heavy atom. The van der Waals surface area contributed by atoms with Crippen LogP contribution in [0.1, 0.15) is 33.2 Å². The number of ether oxygens (including phenoxy) is 8. The van der Waals surface area contributed by atoms with Crippen molar-refractivity contribution in [1.82, 2.24) is 10.7 Å². The van der Waals surface area contributed by atoms with Gasteiger partial charge < -0.3 is 43.2 Å². The van der Waals surface area contributed by atoms with E-state index < -0.39 is 17.8 Å². The van der Waals surface area contributed by atoms with E-state index in [-0.39, 0.29) is 35.8 Å². The zero-order valence-electron chi connectivity index (χ0n) is 26.0. The Kier molecular flexibility index (Phi) is 12.2. The summed E-state index contributed by atoms with van der Waals surface area (Å²) in [5.41, 5.74) is 3.24. The van der Waals surface area contributed by atoms with Gasteiger partial charge in [0.05, 0.1) is 67.6 Å². The predicted octanol–water partition coefficient (Wildman–Crippen LogP) is 3.24. The van der Waals surface area contributed by atoms with E-state index in [0.717, 1.165) is 0 Å². The highest BCUT2D eigenvalue weighted by Gasteiger charge is 2.20. The fourth-order valence-electron chi connectivity index (χ4n) is 4.01. The SMILES string of the molecule is CCOc1cc(/C=N/NC(=O)CNC(=O)c2cc(OC)c(OC)c(OC)c2)ccc1OC(=O)c1cc(OC)c(OC)c(OC)c1. The van der Waals surface area contributed by atoms with Gasteiger partial charge in [0.15, 0.2) is 34.5 Å². The third-order valence-electron chi connectivity index (χ3n) is 6.11. The molecule has 0 fully saturated rings. The number of carbonyl (C=O) groups excluding carboxylic acids is 3. The number of rotatable bonds is 15. The van der Waals surface area contributed by atoms with E-state index in [4.69, 9.17) is 37.9 Å². The smallest absolute Gasteiger partial charge is 0.343 e. The molecule has 0 aliphatic rings. The van der Waals surface area contributed by atoms with Crippen molar-refractivity contribution in [3.05, 3.63) is 59.2 Å². The molecule has 0 aliphatic heterocycles. The van der Waals surface area contributed by atoms with E-state index in [0.29, 0.717) is 40.1 Å². The Morgan fingerprint density at radius 3 is 1.71 bits per heavy atom. The molecule has 0 bridgehead atoms. The van der Waals surface area contributed by atoms with Crippen molar-refractivity contribution >= 4 is 24.0 Å². The minimum Gasteiger partial charge on any atom is -0.493 e. The van der Waals surface area contributed by atoms with Crippen molar-refractivity contribution in [3.63, 3.8) is 0 Å². The summed E-state index contributed by atoms with van der Waals surface area (Å²) in [5, 5.41) is 6.43. The summed E-state index contributed by atoms with van der Waals surface area (Å²) in [4.78, 5) is 37.9. The second kappa shape index (κ2) is 16.3. The average molecular weight is 626 g/mol. The number of methoxy groups -OCH3 is 6. The minimum absolute atomic E-state index is 0.159. The number of hydrogen-bond donors (Lipinski definition) is 2. The molecule has 3 aromatic carbocycles. The van der Waals surface area contributed by atoms with Gasteiger partial charge >= 0.3 is 5.97 Å². The van der Waals surface area contributed by atoms with Gasteiger partial charge in [-0.15, -0.1) is 0 Å². The first kappa shape index (κ1) is 33.8. The Bertz CT molecular complexity index is 1510. The maximum Gasteiger partial charge on any atom is 0.343 e. The zero-order chi connectivity index (χ0) is 32.9. The van der Waals surface area contributed by atoms with Crippen LogP contribution in [0.15, 0.2) is 47.6 Å². The average Bonchev–Trinajstić information content (AvgIpc) is 3.06. The van der Waals surface area contributed by atoms with Gasteiger partial charge in [0.2, 0.25) is 11.5 Å². The number of hydrogen-bond acceptors (Lipinski definition) is 12. The summed E-state index contributed by atoms with van der Waals surface area (Å²) >= 11 is 0. The highest BCUT2D eigenvalue weighted by atomic mass is 16.6. The maximum atomic E-state index is 13.0. The van der Waals surface area contributed by atoms with E-state index in [1.54, 1.807) is 19.1 Å². The molecule has 45 heavy (non-hydrogen) atoms. The number of carbonyl (C=O) groups is 3. The van der Waals surface area contributed by atoms with Crippen LogP contribution < -0.4 is 48.6 Å². The second-order valence-electron chi connectivity index (χ2n) is 8.83. The predicted molar refractivity (Wildman–Crippen MR) is 163 cm³/mol. The third-order valence-corrected chi connectivity index (χ3v) is 6.11. The topological polar surface area (TPSA) is 161 Å². The summed E-state index contributed by atoms with van der Waals surface area (Å²) in [6, 6.07) is 10.6. The van der Waals surface area contributed by atoms with Crippen molar-refractivity contribution in [3.8, 4) is 46.0 Å². The van der Waals surface area contributed by atoms with Crippen LogP contribution >= 0.6 is 0 Å².